The van der Waals surface area contributed by atoms with Gasteiger partial charge < -0.3 is 14.6 Å². The predicted octanol–water partition coefficient (Wildman–Crippen LogP) is 3.62. The third kappa shape index (κ3) is 2.85. The highest BCUT2D eigenvalue weighted by Crippen LogP contribution is 2.33. The van der Waals surface area contributed by atoms with Gasteiger partial charge in [0.05, 0.1) is 17.6 Å². The Balaban J connectivity index is 1.43. The minimum Gasteiger partial charge on any atom is -0.508 e. The number of fused-ring (bicyclic) bond motifs is 2. The molecule has 134 valence electrons. The summed E-state index contributed by atoms with van der Waals surface area (Å²) in [5, 5.41) is 9.50. The monoisotopic (exact) mass is 359 g/mol. The van der Waals surface area contributed by atoms with Crippen LogP contribution in [0.5, 0.6) is 17.2 Å². The molecule has 0 spiro atoms. The minimum atomic E-state index is 0.249. The fourth-order valence-electron chi connectivity index (χ4n) is 3.35. The first kappa shape index (κ1) is 15.7. The molecule has 1 aliphatic heterocycles. The van der Waals surface area contributed by atoms with Crippen LogP contribution in [0.25, 0.3) is 16.9 Å². The van der Waals surface area contributed by atoms with Gasteiger partial charge in [0.15, 0.2) is 17.1 Å². The third-order valence-corrected chi connectivity index (χ3v) is 4.75. The number of hydrogen-bond donors (Lipinski definition) is 1. The van der Waals surface area contributed by atoms with E-state index in [4.69, 9.17) is 9.47 Å². The van der Waals surface area contributed by atoms with Gasteiger partial charge in [-0.3, -0.25) is 9.38 Å². The summed E-state index contributed by atoms with van der Waals surface area (Å²) in [7, 11) is 0. The van der Waals surface area contributed by atoms with E-state index in [0.717, 1.165) is 46.9 Å². The van der Waals surface area contributed by atoms with Crippen LogP contribution in [-0.2, 0) is 12.8 Å². The van der Waals surface area contributed by atoms with E-state index in [9.17, 15) is 5.11 Å². The summed E-state index contributed by atoms with van der Waals surface area (Å²) in [6.07, 6.45) is 7.16. The number of aromatic hydroxyl groups is 1. The Labute approximate surface area is 155 Å². The van der Waals surface area contributed by atoms with Gasteiger partial charge in [0, 0.05) is 18.0 Å². The van der Waals surface area contributed by atoms with Gasteiger partial charge in [-0.05, 0) is 54.8 Å². The molecule has 0 fully saturated rings. The maximum absolute atomic E-state index is 9.50. The van der Waals surface area contributed by atoms with E-state index in [1.807, 2.05) is 41.1 Å². The molecule has 6 nitrogen and oxygen atoms in total. The number of rotatable bonds is 4. The number of aryl methyl sites for hydroxylation is 2. The molecule has 27 heavy (non-hydrogen) atoms. The summed E-state index contributed by atoms with van der Waals surface area (Å²) in [6, 6.07) is 13.1. The zero-order valence-corrected chi connectivity index (χ0v) is 14.5. The van der Waals surface area contributed by atoms with Crippen LogP contribution in [0.3, 0.4) is 0 Å². The molecule has 1 N–H and O–H groups in total. The molecule has 6 heteroatoms. The summed E-state index contributed by atoms with van der Waals surface area (Å²) in [6.45, 7) is 0.285. The second kappa shape index (κ2) is 6.32. The average molecular weight is 359 g/mol. The second-order valence-electron chi connectivity index (χ2n) is 6.45. The highest BCUT2D eigenvalue weighted by atomic mass is 16.7. The topological polar surface area (TPSA) is 68.9 Å². The van der Waals surface area contributed by atoms with Crippen LogP contribution in [0, 0.1) is 0 Å². The van der Waals surface area contributed by atoms with Gasteiger partial charge in [-0.25, -0.2) is 4.98 Å². The normalized spacial score (nSPS) is 12.6. The first-order valence-corrected chi connectivity index (χ1v) is 8.77. The number of imidazole rings is 1. The van der Waals surface area contributed by atoms with Crippen LogP contribution >= 0.6 is 0 Å². The van der Waals surface area contributed by atoms with Crippen LogP contribution in [-0.4, -0.2) is 26.3 Å². The maximum atomic E-state index is 9.50. The number of hydrogen-bond acceptors (Lipinski definition) is 5. The van der Waals surface area contributed by atoms with Crippen molar-refractivity contribution in [1.29, 1.82) is 0 Å². The molecule has 5 rings (SSSR count). The number of nitrogens with zero attached hydrogens (tertiary/aromatic N) is 3. The van der Waals surface area contributed by atoms with Gasteiger partial charge >= 0.3 is 0 Å². The Morgan fingerprint density at radius 3 is 2.70 bits per heavy atom. The largest absolute Gasteiger partial charge is 0.508 e. The molecule has 0 radical (unpaired) electrons. The van der Waals surface area contributed by atoms with Crippen molar-refractivity contribution >= 4 is 5.65 Å². The van der Waals surface area contributed by atoms with E-state index in [0.29, 0.717) is 0 Å². The molecule has 2 aromatic heterocycles. The molecule has 0 unspecified atom stereocenters. The molecule has 2 aromatic carbocycles. The van der Waals surface area contributed by atoms with Gasteiger partial charge in [-0.2, -0.15) is 0 Å². The van der Waals surface area contributed by atoms with E-state index < -0.39 is 0 Å². The van der Waals surface area contributed by atoms with E-state index >= 15 is 0 Å². The lowest BCUT2D eigenvalue weighted by atomic mass is 10.1. The molecule has 0 atom stereocenters. The maximum Gasteiger partial charge on any atom is 0.231 e. The fraction of sp³-hybridized carbons (Fsp3) is 0.143. The summed E-state index contributed by atoms with van der Waals surface area (Å²) in [5.41, 5.74) is 4.93. The number of phenols is 1. The molecule has 0 bridgehead atoms. The van der Waals surface area contributed by atoms with Crippen LogP contribution in [0.2, 0.25) is 0 Å². The summed E-state index contributed by atoms with van der Waals surface area (Å²) >= 11 is 0. The van der Waals surface area contributed by atoms with Crippen LogP contribution in [0.15, 0.2) is 61.1 Å². The van der Waals surface area contributed by atoms with Crippen molar-refractivity contribution in [2.24, 2.45) is 0 Å². The predicted molar refractivity (Wildman–Crippen MR) is 100 cm³/mol. The highest BCUT2D eigenvalue weighted by Gasteiger charge is 2.14. The molecule has 1 aliphatic rings. The second-order valence-corrected chi connectivity index (χ2v) is 6.45. The fourth-order valence-corrected chi connectivity index (χ4v) is 3.35. The Bertz CT molecular complexity index is 1120. The molecule has 4 aromatic rings. The van der Waals surface area contributed by atoms with Crippen LogP contribution in [0.4, 0.5) is 0 Å². The highest BCUT2D eigenvalue weighted by molar-refractivity contribution is 5.65. The van der Waals surface area contributed by atoms with Gasteiger partial charge in [0.25, 0.3) is 0 Å². The van der Waals surface area contributed by atoms with E-state index in [1.54, 1.807) is 18.3 Å². The number of ether oxygens (including phenoxy) is 2. The van der Waals surface area contributed by atoms with Crippen LogP contribution in [0.1, 0.15) is 11.3 Å². The molecule has 0 saturated heterocycles. The van der Waals surface area contributed by atoms with E-state index in [-0.39, 0.29) is 12.5 Å². The summed E-state index contributed by atoms with van der Waals surface area (Å²) in [4.78, 5) is 9.12. The molecule has 3 heterocycles. The molecular formula is C21H17N3O3. The van der Waals surface area contributed by atoms with Crippen LogP contribution < -0.4 is 9.47 Å². The molecule has 0 amide bonds. The van der Waals surface area contributed by atoms with Crippen molar-refractivity contribution in [3.05, 3.63) is 72.3 Å². The van der Waals surface area contributed by atoms with Gasteiger partial charge in [0.2, 0.25) is 6.79 Å². The Hall–Kier alpha value is -3.54. The first-order chi connectivity index (χ1) is 13.3. The number of aromatic nitrogens is 3. The quantitative estimate of drug-likeness (QED) is 0.603. The van der Waals surface area contributed by atoms with Crippen molar-refractivity contribution < 1.29 is 14.6 Å². The lowest BCUT2D eigenvalue weighted by Gasteiger charge is -2.06. The van der Waals surface area contributed by atoms with Gasteiger partial charge in [-0.15, -0.1) is 0 Å². The van der Waals surface area contributed by atoms with Crippen molar-refractivity contribution in [3.8, 4) is 28.5 Å². The van der Waals surface area contributed by atoms with E-state index in [1.165, 1.54) is 5.56 Å². The minimum absolute atomic E-state index is 0.249. The van der Waals surface area contributed by atoms with Crippen molar-refractivity contribution in [2.75, 3.05) is 6.79 Å². The first-order valence-electron chi connectivity index (χ1n) is 8.77. The Kier molecular flexibility index (Phi) is 3.67. The standard InChI is InChI=1S/C21H17N3O3/c25-16-5-3-15(4-6-16)18-12-23-21-17(22-9-10-24(18)21)7-1-14-2-8-19-20(11-14)27-13-26-19/h2-6,8-12,25H,1,7,13H2. The Morgan fingerprint density at radius 2 is 1.81 bits per heavy atom. The third-order valence-electron chi connectivity index (χ3n) is 4.75. The average Bonchev–Trinajstić information content (AvgIpc) is 3.33. The van der Waals surface area contributed by atoms with E-state index in [2.05, 4.69) is 16.0 Å². The lowest BCUT2D eigenvalue weighted by molar-refractivity contribution is 0.174. The lowest BCUT2D eigenvalue weighted by Crippen LogP contribution is -2.00. The Morgan fingerprint density at radius 1 is 0.963 bits per heavy atom. The van der Waals surface area contributed by atoms with Crippen molar-refractivity contribution in [3.63, 3.8) is 0 Å². The van der Waals surface area contributed by atoms with Crippen molar-refractivity contribution in [1.82, 2.24) is 14.4 Å². The molecular weight excluding hydrogens is 342 g/mol. The SMILES string of the molecule is Oc1ccc(-c2cnc3c(CCc4ccc5c(c4)OCO5)nccn23)cc1. The molecule has 0 saturated carbocycles. The summed E-state index contributed by atoms with van der Waals surface area (Å²) < 4.78 is 12.8. The van der Waals surface area contributed by atoms with Gasteiger partial charge in [-0.1, -0.05) is 6.07 Å². The molecule has 0 aliphatic carbocycles. The smallest absolute Gasteiger partial charge is 0.231 e. The summed E-state index contributed by atoms with van der Waals surface area (Å²) in [5.74, 6) is 1.85. The van der Waals surface area contributed by atoms with Crippen molar-refractivity contribution in [2.45, 2.75) is 12.8 Å². The zero-order valence-electron chi connectivity index (χ0n) is 14.5. The number of phenolic OH excluding ortho intramolecular Hbond substituents is 1. The number of benzene rings is 2. The zero-order chi connectivity index (χ0) is 18.2. The van der Waals surface area contributed by atoms with Gasteiger partial charge in [0.1, 0.15) is 5.75 Å².